The van der Waals surface area contributed by atoms with Gasteiger partial charge in [-0.3, -0.25) is 0 Å². The minimum atomic E-state index is -6.08. The molecule has 4 nitrogen and oxygen atoms in total. The molecule has 0 N–H and O–H groups in total. The maximum Gasteiger partial charge on any atom is 0.430 e. The fourth-order valence-electron chi connectivity index (χ4n) is 8.53. The highest BCUT2D eigenvalue weighted by Crippen LogP contribution is 2.70. The maximum atomic E-state index is 15.7. The number of alkyl halides is 12. The van der Waals surface area contributed by atoms with Gasteiger partial charge in [-0.05, 0) is 74.5 Å². The van der Waals surface area contributed by atoms with E-state index in [0.29, 0.717) is 19.8 Å². The quantitative estimate of drug-likeness (QED) is 0.0453. The summed E-state index contributed by atoms with van der Waals surface area (Å²) >= 11 is 0. The van der Waals surface area contributed by atoms with Crippen LogP contribution in [0.15, 0.2) is 24.5 Å². The van der Waals surface area contributed by atoms with Gasteiger partial charge in [0.1, 0.15) is 6.61 Å². The summed E-state index contributed by atoms with van der Waals surface area (Å²) in [6, 6.07) is 0. The second kappa shape index (κ2) is 17.0. The number of hydrogen-bond acceptors (Lipinski definition) is 4. The van der Waals surface area contributed by atoms with Gasteiger partial charge in [0, 0.05) is 23.0 Å². The highest BCUT2D eigenvalue weighted by atomic mass is 19.4. The van der Waals surface area contributed by atoms with Gasteiger partial charge in [-0.1, -0.05) is 103 Å². The molecule has 0 saturated carbocycles. The van der Waals surface area contributed by atoms with Crippen LogP contribution in [-0.4, -0.2) is 61.0 Å². The Morgan fingerprint density at radius 3 is 1.63 bits per heavy atom. The van der Waals surface area contributed by atoms with Crippen molar-refractivity contribution in [3.63, 3.8) is 0 Å². The van der Waals surface area contributed by atoms with Gasteiger partial charge in [-0.2, -0.15) is 52.7 Å². The lowest BCUT2D eigenvalue weighted by atomic mass is 9.43. The first-order chi connectivity index (χ1) is 25.0. The van der Waals surface area contributed by atoms with Crippen LogP contribution in [0.2, 0.25) is 0 Å². The van der Waals surface area contributed by atoms with Crippen molar-refractivity contribution in [1.82, 2.24) is 0 Å². The summed E-state index contributed by atoms with van der Waals surface area (Å²) in [6.45, 7) is 26.4. The van der Waals surface area contributed by atoms with E-state index in [2.05, 4.69) is 17.9 Å². The van der Waals surface area contributed by atoms with Crippen molar-refractivity contribution in [3.05, 3.63) is 24.5 Å². The van der Waals surface area contributed by atoms with E-state index < -0.39 is 112 Å². The van der Waals surface area contributed by atoms with Crippen molar-refractivity contribution >= 4 is 0 Å². The van der Waals surface area contributed by atoms with E-state index in [1.54, 1.807) is 62.3 Å². The van der Waals surface area contributed by atoms with Gasteiger partial charge in [0.05, 0.1) is 5.76 Å². The third-order valence-electron chi connectivity index (χ3n) is 13.4. The van der Waals surface area contributed by atoms with E-state index in [4.69, 9.17) is 14.2 Å². The number of hydrogen-bond donors (Lipinski definition) is 0. The molecule has 0 spiro atoms. The van der Waals surface area contributed by atoms with Crippen LogP contribution in [0.4, 0.5) is 52.7 Å². The molecule has 1 aliphatic rings. The molecule has 5 atom stereocenters. The number of rotatable bonds is 18. The molecule has 0 aromatic heterocycles. The Labute approximate surface area is 331 Å². The Balaban J connectivity index is 3.89. The fourth-order valence-corrected chi connectivity index (χ4v) is 8.53. The Morgan fingerprint density at radius 2 is 1.25 bits per heavy atom. The first-order valence-corrected chi connectivity index (χ1v) is 19.3. The number of ether oxygens (including phenoxy) is 4. The second-order valence-corrected chi connectivity index (χ2v) is 19.1. The smallest absolute Gasteiger partial charge is 0.430 e. The van der Waals surface area contributed by atoms with Crippen molar-refractivity contribution in [2.75, 3.05) is 13.2 Å². The predicted molar refractivity (Wildman–Crippen MR) is 196 cm³/mol. The van der Waals surface area contributed by atoms with Gasteiger partial charge >= 0.3 is 24.7 Å². The molecule has 0 aliphatic carbocycles. The van der Waals surface area contributed by atoms with Gasteiger partial charge in [0.2, 0.25) is 0 Å². The summed E-state index contributed by atoms with van der Waals surface area (Å²) < 4.78 is 199. The van der Waals surface area contributed by atoms with Crippen LogP contribution in [0.1, 0.15) is 142 Å². The highest BCUT2D eigenvalue weighted by molar-refractivity contribution is 5.24. The van der Waals surface area contributed by atoms with E-state index in [1.807, 2.05) is 0 Å². The normalized spacial score (nSPS) is 23.8. The average molecular weight is 851 g/mol. The van der Waals surface area contributed by atoms with Crippen molar-refractivity contribution in [2.45, 2.75) is 190 Å². The highest BCUT2D eigenvalue weighted by Gasteiger charge is 2.77. The molecule has 0 aromatic carbocycles. The molecule has 0 bridgehead atoms. The first kappa shape index (κ1) is 53.3. The number of allylic oxidation sites excluding steroid dienone is 1. The van der Waals surface area contributed by atoms with Gasteiger partial charge < -0.3 is 18.9 Å². The van der Waals surface area contributed by atoms with Crippen LogP contribution < -0.4 is 0 Å². The van der Waals surface area contributed by atoms with Gasteiger partial charge in [0.15, 0.2) is 17.5 Å². The molecule has 16 heteroatoms. The van der Waals surface area contributed by atoms with Crippen LogP contribution in [0.5, 0.6) is 0 Å². The molecule has 1 saturated heterocycles. The van der Waals surface area contributed by atoms with Gasteiger partial charge in [0.25, 0.3) is 5.60 Å². The topological polar surface area (TPSA) is 36.9 Å². The lowest BCUT2D eigenvalue weighted by Gasteiger charge is -2.65. The second-order valence-electron chi connectivity index (χ2n) is 19.1. The zero-order valence-electron chi connectivity index (χ0n) is 36.1. The van der Waals surface area contributed by atoms with Gasteiger partial charge in [-0.25, -0.2) is 0 Å². The molecule has 1 fully saturated rings. The molecule has 1 rings (SSSR count). The van der Waals surface area contributed by atoms with E-state index in [-0.39, 0.29) is 25.2 Å². The SMILES string of the molecule is C=C(OCC(=C)C(OC(C)OCCCC)(C(F)(F)F)C(F)(F)F)C(C)(CC(C)(C)C(C)(C)C(C)(CC(C)C)C1(C(F)(F)F)CCCC(C)(C(F)(F)F)O1)C(C)(C)C. The fraction of sp³-hybridized carbons (Fsp3) is 0.902. The zero-order valence-corrected chi connectivity index (χ0v) is 36.1. The molecular formula is C41H66F12O4. The molecule has 0 amide bonds. The van der Waals surface area contributed by atoms with E-state index >= 15 is 13.2 Å². The minimum Gasteiger partial charge on any atom is -0.494 e. The Bertz CT molecular complexity index is 1360. The summed E-state index contributed by atoms with van der Waals surface area (Å²) in [5.41, 5.74) is -20.1. The zero-order chi connectivity index (χ0) is 45.5. The van der Waals surface area contributed by atoms with Crippen molar-refractivity contribution in [1.29, 1.82) is 0 Å². The van der Waals surface area contributed by atoms with Crippen molar-refractivity contribution < 1.29 is 71.6 Å². The van der Waals surface area contributed by atoms with Crippen molar-refractivity contribution in [3.8, 4) is 0 Å². The summed E-state index contributed by atoms with van der Waals surface area (Å²) in [6.07, 6.45) is -25.9. The Hall–Kier alpha value is -1.68. The third kappa shape index (κ3) is 9.94. The molecule has 1 aliphatic heterocycles. The summed E-state index contributed by atoms with van der Waals surface area (Å²) in [7, 11) is 0. The third-order valence-corrected chi connectivity index (χ3v) is 13.4. The van der Waals surface area contributed by atoms with Crippen LogP contribution in [0, 0.1) is 33.0 Å². The van der Waals surface area contributed by atoms with Crippen LogP contribution in [-0.2, 0) is 18.9 Å². The molecule has 57 heavy (non-hydrogen) atoms. The van der Waals surface area contributed by atoms with Crippen LogP contribution in [0.3, 0.4) is 0 Å². The summed E-state index contributed by atoms with van der Waals surface area (Å²) in [5, 5.41) is 0. The maximum absolute atomic E-state index is 15.7. The molecule has 5 unspecified atom stereocenters. The largest absolute Gasteiger partial charge is 0.494 e. The predicted octanol–water partition coefficient (Wildman–Crippen LogP) is 14.5. The van der Waals surface area contributed by atoms with E-state index in [0.717, 1.165) is 6.92 Å². The average Bonchev–Trinajstić information content (AvgIpc) is 2.98. The Kier molecular flexibility index (Phi) is 15.9. The van der Waals surface area contributed by atoms with E-state index in [9.17, 15) is 39.5 Å². The molecule has 1 heterocycles. The van der Waals surface area contributed by atoms with Gasteiger partial charge in [-0.15, -0.1) is 0 Å². The number of halogens is 12. The molecule has 0 aromatic rings. The Morgan fingerprint density at radius 1 is 0.754 bits per heavy atom. The van der Waals surface area contributed by atoms with Crippen molar-refractivity contribution in [2.24, 2.45) is 33.0 Å². The summed E-state index contributed by atoms with van der Waals surface area (Å²) in [4.78, 5) is 0. The minimum absolute atomic E-state index is 0.136. The molecule has 0 radical (unpaired) electrons. The standard InChI is InChI=1S/C41H66F12O4/c1-17-18-22-54-29(6)56-37(40(48,49)50,41(51,52)53)27(4)24-55-28(5)33(14,30(7,8)9)25-31(10,11)32(12,13)34(15,23-26(2)3)36(39(45,46)47)21-19-20-35(16,57-36)38(42,43)44/h26,29H,4-5,17-25H2,1-3,6-16H3. The lowest BCUT2D eigenvalue weighted by Crippen LogP contribution is -2.71. The molecular weight excluding hydrogens is 784 g/mol. The van der Waals surface area contributed by atoms with Crippen LogP contribution >= 0.6 is 0 Å². The monoisotopic (exact) mass is 850 g/mol. The van der Waals surface area contributed by atoms with Crippen LogP contribution in [0.25, 0.3) is 0 Å². The molecule has 338 valence electrons. The number of unbranched alkanes of at least 4 members (excludes halogenated alkanes) is 1. The summed E-state index contributed by atoms with van der Waals surface area (Å²) in [5.74, 6) is -0.755. The lowest BCUT2D eigenvalue weighted by molar-refractivity contribution is -0.417. The first-order valence-electron chi connectivity index (χ1n) is 19.3. The van der Waals surface area contributed by atoms with E-state index in [1.165, 1.54) is 20.8 Å².